The zero-order chi connectivity index (χ0) is 20.4. The van der Waals surface area contributed by atoms with E-state index in [-0.39, 0.29) is 5.92 Å². The van der Waals surface area contributed by atoms with Crippen molar-refractivity contribution in [3.8, 4) is 11.5 Å². The molecule has 0 aliphatic carbocycles. The van der Waals surface area contributed by atoms with Crippen molar-refractivity contribution in [1.82, 2.24) is 0 Å². The summed E-state index contributed by atoms with van der Waals surface area (Å²) in [5, 5.41) is 21.6. The van der Waals surface area contributed by atoms with Gasteiger partial charge >= 0.3 is 0 Å². The summed E-state index contributed by atoms with van der Waals surface area (Å²) in [6.45, 7) is 6.61. The number of phenolic OH excluding ortho intramolecular Hbond substituents is 2. The molecule has 2 heteroatoms. The van der Waals surface area contributed by atoms with Crippen LogP contribution < -0.4 is 0 Å². The molecule has 0 atom stereocenters. The minimum Gasteiger partial charge on any atom is -0.508 e. The summed E-state index contributed by atoms with van der Waals surface area (Å²) in [5.74, 6) is 0.783. The zero-order valence-corrected chi connectivity index (χ0v) is 18.0. The standard InChI is InChI=1S/C26H38O2/c1-4-7-9-14-20-16-11-18-23(27)25(20)22(13-6-3)26-21(15-10-8-5-2)17-12-19-24(26)28/h11-12,16-19,22,27-28H,4-10,13-15H2,1-3H3. The highest BCUT2D eigenvalue weighted by Crippen LogP contribution is 2.43. The van der Waals surface area contributed by atoms with Crippen molar-refractivity contribution in [3.63, 3.8) is 0 Å². The molecule has 0 aromatic heterocycles. The van der Waals surface area contributed by atoms with Crippen LogP contribution in [0.4, 0.5) is 0 Å². The SMILES string of the molecule is CCCCCc1cccc(O)c1C(CCC)c1c(O)cccc1CCCCC. The maximum atomic E-state index is 10.8. The van der Waals surface area contributed by atoms with Gasteiger partial charge in [-0.05, 0) is 55.4 Å². The van der Waals surface area contributed by atoms with Gasteiger partial charge in [0.05, 0.1) is 0 Å². The molecule has 2 rings (SSSR count). The lowest BCUT2D eigenvalue weighted by Crippen LogP contribution is -2.09. The first-order valence-electron chi connectivity index (χ1n) is 11.2. The van der Waals surface area contributed by atoms with Gasteiger partial charge in [0.2, 0.25) is 0 Å². The molecule has 0 bridgehead atoms. The maximum Gasteiger partial charge on any atom is 0.119 e. The number of aryl methyl sites for hydroxylation is 2. The van der Waals surface area contributed by atoms with Crippen LogP contribution in [0.1, 0.15) is 100 Å². The monoisotopic (exact) mass is 382 g/mol. The number of hydrogen-bond acceptors (Lipinski definition) is 2. The summed E-state index contributed by atoms with van der Waals surface area (Å²) in [4.78, 5) is 0. The number of rotatable bonds is 12. The first-order chi connectivity index (χ1) is 13.6. The van der Waals surface area contributed by atoms with Crippen LogP contribution in [0.3, 0.4) is 0 Å². The Morgan fingerprint density at radius 1 is 0.643 bits per heavy atom. The van der Waals surface area contributed by atoms with Crippen molar-refractivity contribution in [1.29, 1.82) is 0 Å². The van der Waals surface area contributed by atoms with Crippen molar-refractivity contribution in [2.24, 2.45) is 0 Å². The number of benzene rings is 2. The van der Waals surface area contributed by atoms with Crippen molar-refractivity contribution in [2.75, 3.05) is 0 Å². The second-order valence-corrected chi connectivity index (χ2v) is 7.96. The third-order valence-corrected chi connectivity index (χ3v) is 5.72. The second kappa shape index (κ2) is 11.8. The van der Waals surface area contributed by atoms with Gasteiger partial charge in [0.1, 0.15) is 11.5 Å². The molecule has 0 fully saturated rings. The lowest BCUT2D eigenvalue weighted by atomic mass is 9.80. The Balaban J connectivity index is 2.49. The molecular formula is C26H38O2. The highest BCUT2D eigenvalue weighted by Gasteiger charge is 2.25. The molecule has 0 radical (unpaired) electrons. The first-order valence-corrected chi connectivity index (χ1v) is 11.2. The van der Waals surface area contributed by atoms with E-state index in [2.05, 4.69) is 32.9 Å². The van der Waals surface area contributed by atoms with E-state index in [1.807, 2.05) is 12.1 Å². The Labute approximate surface area is 171 Å². The van der Waals surface area contributed by atoms with Gasteiger partial charge in [0.25, 0.3) is 0 Å². The molecule has 0 saturated heterocycles. The van der Waals surface area contributed by atoms with Crippen molar-refractivity contribution in [2.45, 2.75) is 90.9 Å². The van der Waals surface area contributed by atoms with Crippen molar-refractivity contribution >= 4 is 0 Å². The Morgan fingerprint density at radius 2 is 1.11 bits per heavy atom. The third kappa shape index (κ3) is 5.77. The van der Waals surface area contributed by atoms with E-state index in [1.165, 1.54) is 36.8 Å². The molecule has 0 aliphatic rings. The smallest absolute Gasteiger partial charge is 0.119 e. The summed E-state index contributed by atoms with van der Waals surface area (Å²) in [7, 11) is 0. The van der Waals surface area contributed by atoms with Crippen LogP contribution in [-0.4, -0.2) is 10.2 Å². The van der Waals surface area contributed by atoms with Crippen LogP contribution in [0, 0.1) is 0 Å². The van der Waals surface area contributed by atoms with Gasteiger partial charge in [-0.3, -0.25) is 0 Å². The molecule has 2 aromatic rings. The van der Waals surface area contributed by atoms with Crippen LogP contribution in [0.25, 0.3) is 0 Å². The van der Waals surface area contributed by atoms with Gasteiger partial charge in [-0.15, -0.1) is 0 Å². The van der Waals surface area contributed by atoms with Gasteiger partial charge in [-0.2, -0.15) is 0 Å². The average Bonchev–Trinajstić information content (AvgIpc) is 2.68. The Hall–Kier alpha value is -1.96. The molecular weight excluding hydrogens is 344 g/mol. The normalized spacial score (nSPS) is 11.3. The van der Waals surface area contributed by atoms with Gasteiger partial charge in [0, 0.05) is 17.0 Å². The molecule has 0 spiro atoms. The summed E-state index contributed by atoms with van der Waals surface area (Å²) >= 11 is 0. The summed E-state index contributed by atoms with van der Waals surface area (Å²) in [6, 6.07) is 11.8. The zero-order valence-electron chi connectivity index (χ0n) is 18.0. The fraction of sp³-hybridized carbons (Fsp3) is 0.538. The van der Waals surface area contributed by atoms with E-state index < -0.39 is 0 Å². The predicted octanol–water partition coefficient (Wildman–Crippen LogP) is 7.50. The van der Waals surface area contributed by atoms with Gasteiger partial charge in [0.15, 0.2) is 0 Å². The Kier molecular flexibility index (Phi) is 9.40. The lowest BCUT2D eigenvalue weighted by Gasteiger charge is -2.25. The Bertz CT molecular complexity index is 661. The van der Waals surface area contributed by atoms with Crippen LogP contribution in [-0.2, 0) is 12.8 Å². The quantitative estimate of drug-likeness (QED) is 0.373. The molecule has 2 N–H and O–H groups in total. The fourth-order valence-corrected chi connectivity index (χ4v) is 4.29. The van der Waals surface area contributed by atoms with Crippen molar-refractivity contribution < 1.29 is 10.2 Å². The fourth-order valence-electron chi connectivity index (χ4n) is 4.29. The van der Waals surface area contributed by atoms with Crippen LogP contribution in [0.5, 0.6) is 11.5 Å². The first kappa shape index (κ1) is 22.3. The average molecular weight is 383 g/mol. The summed E-state index contributed by atoms with van der Waals surface area (Å²) in [6.07, 6.45) is 11.0. The molecule has 2 aromatic carbocycles. The second-order valence-electron chi connectivity index (χ2n) is 7.96. The van der Waals surface area contributed by atoms with Crippen molar-refractivity contribution in [3.05, 3.63) is 58.7 Å². The number of unbranched alkanes of at least 4 members (excludes halogenated alkanes) is 4. The minimum atomic E-state index is 0.0423. The predicted molar refractivity (Wildman–Crippen MR) is 119 cm³/mol. The van der Waals surface area contributed by atoms with E-state index in [4.69, 9.17) is 0 Å². The summed E-state index contributed by atoms with van der Waals surface area (Å²) in [5.41, 5.74) is 4.52. The van der Waals surface area contributed by atoms with E-state index in [0.29, 0.717) is 11.5 Å². The van der Waals surface area contributed by atoms with Crippen LogP contribution >= 0.6 is 0 Å². The highest BCUT2D eigenvalue weighted by molar-refractivity contribution is 5.52. The van der Waals surface area contributed by atoms with Crippen LogP contribution in [0.2, 0.25) is 0 Å². The molecule has 2 nitrogen and oxygen atoms in total. The largest absolute Gasteiger partial charge is 0.508 e. The van der Waals surface area contributed by atoms with E-state index in [1.54, 1.807) is 12.1 Å². The van der Waals surface area contributed by atoms with Gasteiger partial charge in [-0.25, -0.2) is 0 Å². The van der Waals surface area contributed by atoms with E-state index in [9.17, 15) is 10.2 Å². The van der Waals surface area contributed by atoms with E-state index >= 15 is 0 Å². The summed E-state index contributed by atoms with van der Waals surface area (Å²) < 4.78 is 0. The number of hydrogen-bond donors (Lipinski definition) is 2. The molecule has 0 amide bonds. The van der Waals surface area contributed by atoms with Gasteiger partial charge < -0.3 is 10.2 Å². The molecule has 0 saturated carbocycles. The molecule has 0 unspecified atom stereocenters. The lowest BCUT2D eigenvalue weighted by molar-refractivity contribution is 0.447. The molecule has 0 heterocycles. The number of phenols is 2. The number of aromatic hydroxyl groups is 2. The Morgan fingerprint density at radius 3 is 1.50 bits per heavy atom. The maximum absolute atomic E-state index is 10.8. The molecule has 28 heavy (non-hydrogen) atoms. The van der Waals surface area contributed by atoms with E-state index in [0.717, 1.165) is 49.7 Å². The van der Waals surface area contributed by atoms with Crippen LogP contribution in [0.15, 0.2) is 36.4 Å². The molecule has 0 aliphatic heterocycles. The topological polar surface area (TPSA) is 40.5 Å². The minimum absolute atomic E-state index is 0.0423. The van der Waals surface area contributed by atoms with Gasteiger partial charge in [-0.1, -0.05) is 77.1 Å². The molecule has 154 valence electrons. The highest BCUT2D eigenvalue weighted by atomic mass is 16.3. The third-order valence-electron chi connectivity index (χ3n) is 5.72.